The van der Waals surface area contributed by atoms with Crippen molar-refractivity contribution in [1.29, 1.82) is 0 Å². The summed E-state index contributed by atoms with van der Waals surface area (Å²) in [4.78, 5) is 14.9. The highest BCUT2D eigenvalue weighted by Crippen LogP contribution is 2.22. The van der Waals surface area contributed by atoms with Gasteiger partial charge in [0.05, 0.1) is 10.5 Å². The molecule has 5 heteroatoms. The van der Waals surface area contributed by atoms with Gasteiger partial charge in [0.25, 0.3) is 5.91 Å². The van der Waals surface area contributed by atoms with E-state index in [1.54, 1.807) is 12.1 Å². The molecule has 1 saturated heterocycles. The predicted octanol–water partition coefficient (Wildman–Crippen LogP) is 1.17. The SMILES string of the molecule is CN1CCC(NC(=O)c2ccccc2)(C(N)=S)CC1. The molecule has 4 nitrogen and oxygen atoms in total. The third-order valence-corrected chi connectivity index (χ3v) is 4.09. The van der Waals surface area contributed by atoms with E-state index in [1.165, 1.54) is 0 Å². The Morgan fingerprint density at radius 2 is 1.89 bits per heavy atom. The molecule has 1 aromatic rings. The number of rotatable bonds is 3. The Kier molecular flexibility index (Phi) is 4.17. The highest BCUT2D eigenvalue weighted by Gasteiger charge is 2.38. The lowest BCUT2D eigenvalue weighted by molar-refractivity contribution is 0.0890. The topological polar surface area (TPSA) is 58.4 Å². The van der Waals surface area contributed by atoms with Gasteiger partial charge in [-0.3, -0.25) is 4.79 Å². The summed E-state index contributed by atoms with van der Waals surface area (Å²) in [5, 5.41) is 3.04. The first-order valence-electron chi connectivity index (χ1n) is 6.39. The van der Waals surface area contributed by atoms with Crippen molar-refractivity contribution in [3.05, 3.63) is 35.9 Å². The second kappa shape index (κ2) is 5.67. The molecule has 0 saturated carbocycles. The van der Waals surface area contributed by atoms with Crippen LogP contribution in [0.4, 0.5) is 0 Å². The molecule has 19 heavy (non-hydrogen) atoms. The van der Waals surface area contributed by atoms with E-state index in [9.17, 15) is 4.79 Å². The van der Waals surface area contributed by atoms with Crippen LogP contribution in [0.3, 0.4) is 0 Å². The first-order valence-corrected chi connectivity index (χ1v) is 6.80. The fourth-order valence-electron chi connectivity index (χ4n) is 2.31. The largest absolute Gasteiger partial charge is 0.391 e. The van der Waals surface area contributed by atoms with Crippen LogP contribution >= 0.6 is 12.2 Å². The van der Waals surface area contributed by atoms with Gasteiger partial charge in [-0.15, -0.1) is 0 Å². The van der Waals surface area contributed by atoms with Crippen molar-refractivity contribution in [3.63, 3.8) is 0 Å². The number of nitrogens with one attached hydrogen (secondary N) is 1. The number of benzene rings is 1. The van der Waals surface area contributed by atoms with Crippen molar-refractivity contribution in [2.75, 3.05) is 20.1 Å². The maximum Gasteiger partial charge on any atom is 0.252 e. The summed E-state index contributed by atoms with van der Waals surface area (Å²) in [6.07, 6.45) is 1.52. The summed E-state index contributed by atoms with van der Waals surface area (Å²) in [6.45, 7) is 1.76. The molecule has 0 spiro atoms. The van der Waals surface area contributed by atoms with Gasteiger partial charge >= 0.3 is 0 Å². The zero-order chi connectivity index (χ0) is 13.9. The highest BCUT2D eigenvalue weighted by atomic mass is 32.1. The number of carbonyl (C=O) groups is 1. The number of nitrogens with zero attached hydrogens (tertiary/aromatic N) is 1. The molecular weight excluding hydrogens is 258 g/mol. The van der Waals surface area contributed by atoms with Gasteiger partial charge in [-0.1, -0.05) is 30.4 Å². The van der Waals surface area contributed by atoms with Gasteiger partial charge in [-0.2, -0.15) is 0 Å². The van der Waals surface area contributed by atoms with Crippen LogP contribution in [0.25, 0.3) is 0 Å². The first-order chi connectivity index (χ1) is 9.03. The maximum atomic E-state index is 12.3. The molecule has 102 valence electrons. The second-order valence-electron chi connectivity index (χ2n) is 5.07. The monoisotopic (exact) mass is 277 g/mol. The fourth-order valence-corrected chi connectivity index (χ4v) is 2.57. The maximum absolute atomic E-state index is 12.3. The standard InChI is InChI=1S/C14H19N3OS/c1-17-9-7-14(8-10-17,13(15)19)16-12(18)11-5-3-2-4-6-11/h2-6H,7-10H2,1H3,(H2,15,19)(H,16,18). The molecule has 1 heterocycles. The molecular formula is C14H19N3OS. The van der Waals surface area contributed by atoms with Crippen LogP contribution < -0.4 is 11.1 Å². The van der Waals surface area contributed by atoms with Crippen LogP contribution in [-0.4, -0.2) is 41.5 Å². The van der Waals surface area contributed by atoms with Gasteiger partial charge in [0.15, 0.2) is 0 Å². The molecule has 1 aliphatic rings. The van der Waals surface area contributed by atoms with Gasteiger partial charge in [0, 0.05) is 18.7 Å². The van der Waals surface area contributed by atoms with E-state index in [0.717, 1.165) is 25.9 Å². The Morgan fingerprint density at radius 1 is 1.32 bits per heavy atom. The predicted molar refractivity (Wildman–Crippen MR) is 80.2 cm³/mol. The minimum absolute atomic E-state index is 0.113. The third-order valence-electron chi connectivity index (χ3n) is 3.70. The van der Waals surface area contributed by atoms with E-state index in [2.05, 4.69) is 17.3 Å². The Labute approximate surface area is 119 Å². The molecule has 3 N–H and O–H groups in total. The molecule has 1 amide bonds. The number of amides is 1. The van der Waals surface area contributed by atoms with Crippen LogP contribution in [0.1, 0.15) is 23.2 Å². The van der Waals surface area contributed by atoms with Gasteiger partial charge < -0.3 is 16.0 Å². The van der Waals surface area contributed by atoms with Crippen LogP contribution in [0.2, 0.25) is 0 Å². The Hall–Kier alpha value is -1.46. The lowest BCUT2D eigenvalue weighted by Crippen LogP contribution is -2.61. The molecule has 0 unspecified atom stereocenters. The van der Waals surface area contributed by atoms with Crippen LogP contribution in [-0.2, 0) is 0 Å². The summed E-state index contributed by atoms with van der Waals surface area (Å²) in [5.41, 5.74) is 5.96. The quantitative estimate of drug-likeness (QED) is 0.814. The number of nitrogens with two attached hydrogens (primary N) is 1. The number of thiocarbonyl (C=S) groups is 1. The lowest BCUT2D eigenvalue weighted by Gasteiger charge is -2.40. The minimum Gasteiger partial charge on any atom is -0.391 e. The summed E-state index contributed by atoms with van der Waals surface area (Å²) in [6, 6.07) is 9.15. The van der Waals surface area contributed by atoms with Crippen molar-refractivity contribution in [2.24, 2.45) is 5.73 Å². The molecule has 1 aliphatic heterocycles. The van der Waals surface area contributed by atoms with Gasteiger partial charge in [0.1, 0.15) is 0 Å². The van der Waals surface area contributed by atoms with Crippen LogP contribution in [0, 0.1) is 0 Å². The van der Waals surface area contributed by atoms with Gasteiger partial charge in [-0.05, 0) is 32.0 Å². The molecule has 0 aliphatic carbocycles. The van der Waals surface area contributed by atoms with Crippen LogP contribution in [0.15, 0.2) is 30.3 Å². The zero-order valence-corrected chi connectivity index (χ0v) is 11.9. The molecule has 0 bridgehead atoms. The Bertz CT molecular complexity index is 467. The van der Waals surface area contributed by atoms with Crippen molar-refractivity contribution >= 4 is 23.1 Å². The van der Waals surface area contributed by atoms with E-state index in [1.807, 2.05) is 18.2 Å². The van der Waals surface area contributed by atoms with E-state index < -0.39 is 5.54 Å². The number of carbonyl (C=O) groups excluding carboxylic acids is 1. The number of piperidine rings is 1. The summed E-state index contributed by atoms with van der Waals surface area (Å²) in [7, 11) is 2.06. The van der Waals surface area contributed by atoms with Crippen molar-refractivity contribution in [2.45, 2.75) is 18.4 Å². The Morgan fingerprint density at radius 3 is 2.42 bits per heavy atom. The van der Waals surface area contributed by atoms with Gasteiger partial charge in [-0.25, -0.2) is 0 Å². The number of hydrogen-bond donors (Lipinski definition) is 2. The van der Waals surface area contributed by atoms with Gasteiger partial charge in [0.2, 0.25) is 0 Å². The van der Waals surface area contributed by atoms with E-state index in [4.69, 9.17) is 18.0 Å². The summed E-state index contributed by atoms with van der Waals surface area (Å²) >= 11 is 5.18. The van der Waals surface area contributed by atoms with E-state index in [-0.39, 0.29) is 5.91 Å². The molecule has 1 fully saturated rings. The van der Waals surface area contributed by atoms with Crippen LogP contribution in [0.5, 0.6) is 0 Å². The smallest absolute Gasteiger partial charge is 0.252 e. The third kappa shape index (κ3) is 3.11. The van der Waals surface area contributed by atoms with Crippen molar-refractivity contribution < 1.29 is 4.79 Å². The fraction of sp³-hybridized carbons (Fsp3) is 0.429. The van der Waals surface area contributed by atoms with Crippen molar-refractivity contribution in [1.82, 2.24) is 10.2 Å². The average Bonchev–Trinajstić information content (AvgIpc) is 2.42. The van der Waals surface area contributed by atoms with E-state index in [0.29, 0.717) is 10.6 Å². The highest BCUT2D eigenvalue weighted by molar-refractivity contribution is 7.80. The second-order valence-corrected chi connectivity index (χ2v) is 5.51. The lowest BCUT2D eigenvalue weighted by atomic mass is 9.87. The zero-order valence-electron chi connectivity index (χ0n) is 11.1. The summed E-state index contributed by atoms with van der Waals surface area (Å²) in [5.74, 6) is -0.113. The molecule has 1 aromatic carbocycles. The summed E-state index contributed by atoms with van der Waals surface area (Å²) < 4.78 is 0. The molecule has 0 radical (unpaired) electrons. The Balaban J connectivity index is 2.14. The number of likely N-dealkylation sites (tertiary alicyclic amines) is 1. The molecule has 2 rings (SSSR count). The number of hydrogen-bond acceptors (Lipinski definition) is 3. The first kappa shape index (κ1) is 14.0. The molecule has 0 aromatic heterocycles. The van der Waals surface area contributed by atoms with E-state index >= 15 is 0 Å². The van der Waals surface area contributed by atoms with Crippen molar-refractivity contribution in [3.8, 4) is 0 Å². The normalized spacial score (nSPS) is 18.8. The minimum atomic E-state index is -0.547. The average molecular weight is 277 g/mol. The molecule has 0 atom stereocenters.